The van der Waals surface area contributed by atoms with E-state index in [1.54, 1.807) is 19.0 Å². The predicted octanol–water partition coefficient (Wildman–Crippen LogP) is 1.47. The Kier molecular flexibility index (Phi) is 3.62. The molecular formula is C12H13ClN4O. The maximum Gasteiger partial charge on any atom is 0.239 e. The first-order chi connectivity index (χ1) is 8.63. The first-order valence-corrected chi connectivity index (χ1v) is 5.84. The van der Waals surface area contributed by atoms with E-state index in [9.17, 15) is 4.79 Å². The van der Waals surface area contributed by atoms with Crippen molar-refractivity contribution in [3.8, 4) is 0 Å². The van der Waals surface area contributed by atoms with Crippen LogP contribution in [-0.2, 0) is 4.79 Å². The molecule has 2 aromatic rings. The van der Waals surface area contributed by atoms with Crippen LogP contribution in [0.15, 0.2) is 24.3 Å². The molecule has 0 atom stereocenters. The third-order valence-electron chi connectivity index (χ3n) is 2.64. The highest BCUT2D eigenvalue weighted by molar-refractivity contribution is 6.34. The molecule has 1 aromatic heterocycles. The Labute approximate surface area is 110 Å². The average Bonchev–Trinajstić information content (AvgIpc) is 2.39. The van der Waals surface area contributed by atoms with Crippen LogP contribution in [0.25, 0.3) is 10.8 Å². The zero-order valence-corrected chi connectivity index (χ0v) is 10.9. The van der Waals surface area contributed by atoms with Crippen LogP contribution in [0.1, 0.15) is 0 Å². The van der Waals surface area contributed by atoms with Crippen molar-refractivity contribution in [2.45, 2.75) is 0 Å². The maximum absolute atomic E-state index is 11.4. The minimum absolute atomic E-state index is 0.0849. The summed E-state index contributed by atoms with van der Waals surface area (Å²) < 4.78 is 0. The SMILES string of the molecule is CNC(=O)CN(C)c1nnc(Cl)c2ccccc12. The fraction of sp³-hybridized carbons (Fsp3) is 0.250. The number of carbonyl (C=O) groups is 1. The second-order valence-corrected chi connectivity index (χ2v) is 4.25. The molecule has 0 aliphatic carbocycles. The van der Waals surface area contributed by atoms with Crippen molar-refractivity contribution in [1.82, 2.24) is 15.5 Å². The normalized spacial score (nSPS) is 10.4. The van der Waals surface area contributed by atoms with Gasteiger partial charge in [-0.15, -0.1) is 10.2 Å². The number of hydrogen-bond donors (Lipinski definition) is 1. The van der Waals surface area contributed by atoms with Gasteiger partial charge in [0.1, 0.15) is 0 Å². The number of fused-ring (bicyclic) bond motifs is 1. The van der Waals surface area contributed by atoms with Gasteiger partial charge >= 0.3 is 0 Å². The number of carbonyl (C=O) groups excluding carboxylic acids is 1. The van der Waals surface area contributed by atoms with Crippen molar-refractivity contribution < 1.29 is 4.79 Å². The molecule has 0 aliphatic rings. The molecule has 1 amide bonds. The summed E-state index contributed by atoms with van der Waals surface area (Å²) in [5.41, 5.74) is 0. The number of amides is 1. The van der Waals surface area contributed by atoms with Crippen LogP contribution in [-0.4, -0.2) is 36.7 Å². The number of nitrogens with zero attached hydrogens (tertiary/aromatic N) is 3. The average molecular weight is 265 g/mol. The molecular weight excluding hydrogens is 252 g/mol. The number of likely N-dealkylation sites (N-methyl/N-ethyl adjacent to an activating group) is 2. The van der Waals surface area contributed by atoms with Gasteiger partial charge in [0.15, 0.2) is 11.0 Å². The van der Waals surface area contributed by atoms with Crippen LogP contribution >= 0.6 is 11.6 Å². The second-order valence-electron chi connectivity index (χ2n) is 3.89. The molecule has 0 saturated carbocycles. The molecule has 0 spiro atoms. The van der Waals surface area contributed by atoms with E-state index in [2.05, 4.69) is 15.5 Å². The van der Waals surface area contributed by atoms with Crippen LogP contribution in [0.3, 0.4) is 0 Å². The number of aromatic nitrogens is 2. The Morgan fingerprint density at radius 2 is 2.00 bits per heavy atom. The van der Waals surface area contributed by atoms with E-state index in [0.29, 0.717) is 11.0 Å². The van der Waals surface area contributed by atoms with E-state index in [-0.39, 0.29) is 12.5 Å². The summed E-state index contributed by atoms with van der Waals surface area (Å²) in [6.45, 7) is 0.219. The lowest BCUT2D eigenvalue weighted by Crippen LogP contribution is -2.33. The molecule has 1 heterocycles. The Bertz CT molecular complexity index is 587. The third kappa shape index (κ3) is 2.36. The third-order valence-corrected chi connectivity index (χ3v) is 2.92. The fourth-order valence-electron chi connectivity index (χ4n) is 1.71. The molecule has 5 nitrogen and oxygen atoms in total. The number of rotatable bonds is 3. The molecule has 0 fully saturated rings. The highest BCUT2D eigenvalue weighted by Gasteiger charge is 2.13. The van der Waals surface area contributed by atoms with Crippen molar-refractivity contribution in [1.29, 1.82) is 0 Å². The quantitative estimate of drug-likeness (QED) is 0.912. The maximum atomic E-state index is 11.4. The zero-order chi connectivity index (χ0) is 13.1. The molecule has 0 saturated heterocycles. The minimum Gasteiger partial charge on any atom is -0.358 e. The second kappa shape index (κ2) is 5.18. The van der Waals surface area contributed by atoms with Crippen LogP contribution in [0, 0.1) is 0 Å². The first kappa shape index (κ1) is 12.6. The molecule has 0 unspecified atom stereocenters. The summed E-state index contributed by atoms with van der Waals surface area (Å²) in [5.74, 6) is 0.553. The molecule has 6 heteroatoms. The lowest BCUT2D eigenvalue weighted by Gasteiger charge is -2.18. The molecule has 0 aliphatic heterocycles. The van der Waals surface area contributed by atoms with E-state index >= 15 is 0 Å². The monoisotopic (exact) mass is 264 g/mol. The summed E-state index contributed by atoms with van der Waals surface area (Å²) in [4.78, 5) is 13.1. The van der Waals surface area contributed by atoms with Crippen LogP contribution in [0.4, 0.5) is 5.82 Å². The lowest BCUT2D eigenvalue weighted by atomic mass is 10.2. The van der Waals surface area contributed by atoms with Crippen molar-refractivity contribution in [2.24, 2.45) is 0 Å². The smallest absolute Gasteiger partial charge is 0.239 e. The topological polar surface area (TPSA) is 58.1 Å². The number of hydrogen-bond acceptors (Lipinski definition) is 4. The number of anilines is 1. The predicted molar refractivity (Wildman–Crippen MR) is 71.9 cm³/mol. The molecule has 1 N–H and O–H groups in total. The Morgan fingerprint density at radius 1 is 1.33 bits per heavy atom. The van der Waals surface area contributed by atoms with Gasteiger partial charge in [-0.25, -0.2) is 0 Å². The molecule has 1 aromatic carbocycles. The van der Waals surface area contributed by atoms with Gasteiger partial charge in [-0.2, -0.15) is 0 Å². The Morgan fingerprint density at radius 3 is 2.67 bits per heavy atom. The number of nitrogens with one attached hydrogen (secondary N) is 1. The minimum atomic E-state index is -0.0849. The molecule has 0 bridgehead atoms. The van der Waals surface area contributed by atoms with Crippen molar-refractivity contribution in [3.05, 3.63) is 29.4 Å². The number of benzene rings is 1. The largest absolute Gasteiger partial charge is 0.358 e. The fourth-order valence-corrected chi connectivity index (χ4v) is 1.91. The highest BCUT2D eigenvalue weighted by atomic mass is 35.5. The first-order valence-electron chi connectivity index (χ1n) is 5.46. The van der Waals surface area contributed by atoms with E-state index in [4.69, 9.17) is 11.6 Å². The van der Waals surface area contributed by atoms with E-state index < -0.39 is 0 Å². The van der Waals surface area contributed by atoms with Crippen LogP contribution in [0.2, 0.25) is 5.15 Å². The van der Waals surface area contributed by atoms with Crippen molar-refractivity contribution >= 4 is 34.1 Å². The van der Waals surface area contributed by atoms with Gasteiger partial charge in [0.2, 0.25) is 5.91 Å². The van der Waals surface area contributed by atoms with Crippen LogP contribution in [0.5, 0.6) is 0 Å². The van der Waals surface area contributed by atoms with Gasteiger partial charge in [0, 0.05) is 24.9 Å². The van der Waals surface area contributed by atoms with Gasteiger partial charge in [-0.1, -0.05) is 35.9 Å². The zero-order valence-electron chi connectivity index (χ0n) is 10.1. The Balaban J connectivity index is 2.45. The summed E-state index contributed by atoms with van der Waals surface area (Å²) in [6.07, 6.45) is 0. The standard InChI is InChI=1S/C12H13ClN4O/c1-14-10(18)7-17(2)12-9-6-4-3-5-8(9)11(13)15-16-12/h3-6H,7H2,1-2H3,(H,14,18). The number of halogens is 1. The molecule has 2 rings (SSSR count). The van der Waals surface area contributed by atoms with E-state index in [0.717, 1.165) is 10.8 Å². The van der Waals surface area contributed by atoms with E-state index in [1.807, 2.05) is 24.3 Å². The highest BCUT2D eigenvalue weighted by Crippen LogP contribution is 2.27. The van der Waals surface area contributed by atoms with Crippen molar-refractivity contribution in [3.63, 3.8) is 0 Å². The summed E-state index contributed by atoms with van der Waals surface area (Å²) >= 11 is 6.00. The molecule has 94 valence electrons. The van der Waals surface area contributed by atoms with Gasteiger partial charge in [-0.05, 0) is 0 Å². The van der Waals surface area contributed by atoms with Crippen LogP contribution < -0.4 is 10.2 Å². The van der Waals surface area contributed by atoms with Gasteiger partial charge in [-0.3, -0.25) is 4.79 Å². The summed E-state index contributed by atoms with van der Waals surface area (Å²) in [6, 6.07) is 7.57. The van der Waals surface area contributed by atoms with Gasteiger partial charge < -0.3 is 10.2 Å². The van der Waals surface area contributed by atoms with Crippen molar-refractivity contribution in [2.75, 3.05) is 25.5 Å². The summed E-state index contributed by atoms with van der Waals surface area (Å²) in [5, 5.41) is 12.6. The van der Waals surface area contributed by atoms with Gasteiger partial charge in [0.25, 0.3) is 0 Å². The summed E-state index contributed by atoms with van der Waals surface area (Å²) in [7, 11) is 3.39. The van der Waals surface area contributed by atoms with E-state index in [1.165, 1.54) is 0 Å². The lowest BCUT2D eigenvalue weighted by molar-refractivity contribution is -0.119. The molecule has 18 heavy (non-hydrogen) atoms. The Hall–Kier alpha value is -1.88. The molecule has 0 radical (unpaired) electrons. The van der Waals surface area contributed by atoms with Gasteiger partial charge in [0.05, 0.1) is 6.54 Å².